The van der Waals surface area contributed by atoms with Crippen molar-refractivity contribution < 1.29 is 89.4 Å². The quantitative estimate of drug-likeness (QED) is 0.0812. The molecule has 1 spiro atoms. The molecule has 18 heteroatoms. The van der Waals surface area contributed by atoms with E-state index in [-0.39, 0.29) is 22.7 Å². The molecule has 2 bridgehead atoms. The van der Waals surface area contributed by atoms with Gasteiger partial charge in [-0.1, -0.05) is 19.9 Å². The van der Waals surface area contributed by atoms with E-state index in [0.717, 1.165) is 37.7 Å². The van der Waals surface area contributed by atoms with Gasteiger partial charge in [-0.15, -0.1) is 0 Å². The van der Waals surface area contributed by atoms with Crippen LogP contribution in [0.2, 0.25) is 0 Å². The molecule has 7 rings (SSSR count). The fourth-order valence-electron chi connectivity index (χ4n) is 12.1. The molecule has 18 nitrogen and oxygen atoms in total. The van der Waals surface area contributed by atoms with Crippen LogP contribution < -0.4 is 0 Å². The molecule has 17 unspecified atom stereocenters. The number of carboxylic acid groups (broad SMARTS) is 1. The Hall–Kier alpha value is -1.43. The van der Waals surface area contributed by atoms with Crippen molar-refractivity contribution in [3.05, 3.63) is 12.2 Å². The van der Waals surface area contributed by atoms with Gasteiger partial charge in [-0.05, 0) is 86.5 Å². The second-order valence-corrected chi connectivity index (χ2v) is 18.0. The molecule has 0 aromatic heterocycles. The summed E-state index contributed by atoms with van der Waals surface area (Å²) < 4.78 is 35.7. The summed E-state index contributed by atoms with van der Waals surface area (Å²) in [6.45, 7) is 6.26. The first-order chi connectivity index (χ1) is 26.4. The van der Waals surface area contributed by atoms with Crippen molar-refractivity contribution in [1.29, 1.82) is 0 Å². The summed E-state index contributed by atoms with van der Waals surface area (Å²) in [5, 5.41) is 116. The molecule has 56 heavy (non-hydrogen) atoms. The third-order valence-electron chi connectivity index (χ3n) is 15.0. The second kappa shape index (κ2) is 15.6. The Morgan fingerprint density at radius 3 is 1.89 bits per heavy atom. The molecule has 3 aliphatic heterocycles. The molecule has 320 valence electrons. The van der Waals surface area contributed by atoms with Gasteiger partial charge in [0, 0.05) is 0 Å². The number of carbonyl (C=O) groups is 1. The number of hydrogen-bond acceptors (Lipinski definition) is 17. The number of aliphatic hydroxyl groups excluding tert-OH is 10. The van der Waals surface area contributed by atoms with Crippen molar-refractivity contribution in [2.24, 2.45) is 28.1 Å². The lowest BCUT2D eigenvalue weighted by molar-refractivity contribution is -0.392. The van der Waals surface area contributed by atoms with Gasteiger partial charge in [-0.3, -0.25) is 4.79 Å². The predicted molar refractivity (Wildman–Crippen MR) is 187 cm³/mol. The molecule has 7 aliphatic rings. The van der Waals surface area contributed by atoms with Crippen molar-refractivity contribution in [3.8, 4) is 0 Å². The molecule has 4 aliphatic carbocycles. The first kappa shape index (κ1) is 42.7. The van der Waals surface area contributed by atoms with E-state index >= 15 is 0 Å². The fourth-order valence-corrected chi connectivity index (χ4v) is 12.1. The molecule has 0 aromatic carbocycles. The van der Waals surface area contributed by atoms with E-state index < -0.39 is 129 Å². The molecule has 3 saturated heterocycles. The van der Waals surface area contributed by atoms with Gasteiger partial charge in [0.15, 0.2) is 18.9 Å². The highest BCUT2D eigenvalue weighted by Crippen LogP contribution is 2.73. The maximum atomic E-state index is 12.6. The Balaban J connectivity index is 1.12. The summed E-state index contributed by atoms with van der Waals surface area (Å²) in [6.07, 6.45) is -19.1. The van der Waals surface area contributed by atoms with Gasteiger partial charge in [0.2, 0.25) is 0 Å². The Labute approximate surface area is 324 Å². The van der Waals surface area contributed by atoms with Gasteiger partial charge in [0.1, 0.15) is 73.2 Å². The third kappa shape index (κ3) is 6.69. The number of hydrogen-bond donors (Lipinski definition) is 11. The summed E-state index contributed by atoms with van der Waals surface area (Å²) in [7, 11) is 0. The number of ether oxygens (including phenoxy) is 6. The van der Waals surface area contributed by atoms with E-state index in [0.29, 0.717) is 25.7 Å². The van der Waals surface area contributed by atoms with Crippen molar-refractivity contribution in [3.63, 3.8) is 0 Å². The smallest absolute Gasteiger partial charge is 0.309 e. The lowest BCUT2D eigenvalue weighted by Gasteiger charge is -2.64. The van der Waals surface area contributed by atoms with Crippen LogP contribution in [0.15, 0.2) is 12.2 Å². The Morgan fingerprint density at radius 2 is 1.25 bits per heavy atom. The van der Waals surface area contributed by atoms with Crippen LogP contribution in [-0.2, 0) is 33.2 Å². The maximum Gasteiger partial charge on any atom is 0.309 e. The van der Waals surface area contributed by atoms with Crippen molar-refractivity contribution >= 4 is 5.97 Å². The Kier molecular flexibility index (Phi) is 11.9. The van der Waals surface area contributed by atoms with Gasteiger partial charge in [0.05, 0.1) is 30.8 Å². The number of aliphatic hydroxyl groups is 10. The lowest BCUT2D eigenvalue weighted by atomic mass is 9.41. The van der Waals surface area contributed by atoms with Crippen LogP contribution in [0.25, 0.3) is 0 Å². The van der Waals surface area contributed by atoms with Crippen LogP contribution in [-0.4, -0.2) is 180 Å². The van der Waals surface area contributed by atoms with Gasteiger partial charge in [-0.2, -0.15) is 0 Å². The molecular weight excluding hydrogens is 744 g/mol. The van der Waals surface area contributed by atoms with E-state index in [9.17, 15) is 61.0 Å². The molecule has 0 aromatic rings. The molecule has 11 N–H and O–H groups in total. The third-order valence-corrected chi connectivity index (χ3v) is 15.0. The zero-order chi connectivity index (χ0) is 40.7. The molecule has 7 fully saturated rings. The van der Waals surface area contributed by atoms with Crippen LogP contribution in [0.3, 0.4) is 0 Å². The number of rotatable bonds is 10. The van der Waals surface area contributed by atoms with E-state index in [1.54, 1.807) is 0 Å². The number of carboxylic acids is 1. The first-order valence-electron chi connectivity index (χ1n) is 19.9. The SMILES string of the molecule is C=C1C[C@]23CCC4[C@@](C)(CCC[C@@]4(C)C(=O)O)C2CC[C@@]1(OC1OC(CO)C(O)C(OC2OC(CO)C(O)C(O)C2OC2OC(CO)C(O)C(O)C2O)C1O)C3. The zero-order valence-electron chi connectivity index (χ0n) is 31.8. The molecule has 4 saturated carbocycles. The Morgan fingerprint density at radius 1 is 0.679 bits per heavy atom. The largest absolute Gasteiger partial charge is 0.481 e. The maximum absolute atomic E-state index is 12.6. The summed E-state index contributed by atoms with van der Waals surface area (Å²) in [5.74, 6) is -0.514. The van der Waals surface area contributed by atoms with E-state index in [1.807, 2.05) is 6.92 Å². The van der Waals surface area contributed by atoms with E-state index in [2.05, 4.69) is 13.5 Å². The van der Waals surface area contributed by atoms with Gasteiger partial charge < -0.3 is 84.6 Å². The number of fused-ring (bicyclic) bond motifs is 3. The highest BCUT2D eigenvalue weighted by Gasteiger charge is 2.69. The van der Waals surface area contributed by atoms with Crippen LogP contribution in [0, 0.1) is 28.1 Å². The average Bonchev–Trinajstić information content (AvgIpc) is 3.36. The molecular formula is C38H60O18. The van der Waals surface area contributed by atoms with Gasteiger partial charge in [0.25, 0.3) is 0 Å². The minimum Gasteiger partial charge on any atom is -0.481 e. The predicted octanol–water partition coefficient (Wildman–Crippen LogP) is -2.37. The van der Waals surface area contributed by atoms with Crippen LogP contribution in [0.1, 0.15) is 71.6 Å². The minimum absolute atomic E-state index is 0.0212. The van der Waals surface area contributed by atoms with Crippen molar-refractivity contribution in [2.45, 2.75) is 169 Å². The normalized spacial score (nSPS) is 54.6. The summed E-state index contributed by atoms with van der Waals surface area (Å²) in [5.41, 5.74) is -1.38. The average molecular weight is 805 g/mol. The second-order valence-electron chi connectivity index (χ2n) is 18.0. The molecule has 21 atom stereocenters. The minimum atomic E-state index is -1.92. The van der Waals surface area contributed by atoms with Crippen LogP contribution in [0.5, 0.6) is 0 Å². The van der Waals surface area contributed by atoms with Crippen LogP contribution in [0.4, 0.5) is 0 Å². The Bertz CT molecular complexity index is 1450. The van der Waals surface area contributed by atoms with Crippen molar-refractivity contribution in [2.75, 3.05) is 19.8 Å². The van der Waals surface area contributed by atoms with E-state index in [1.165, 1.54) is 0 Å². The van der Waals surface area contributed by atoms with Gasteiger partial charge in [-0.25, -0.2) is 0 Å². The van der Waals surface area contributed by atoms with E-state index in [4.69, 9.17) is 28.4 Å². The first-order valence-corrected chi connectivity index (χ1v) is 19.9. The van der Waals surface area contributed by atoms with Gasteiger partial charge >= 0.3 is 5.97 Å². The standard InChI is InChI=1S/C38H60O18/c1-16-11-37-9-5-20-35(2,7-4-8-36(20,3)34(49)50)21(37)6-10-38(16,15-37)56-32-28(48)29(24(44)19(14-41)52-32)54-33-30(26(46)23(43)18(13-40)53-33)55-31-27(47)25(45)22(42)17(12-39)51-31/h17-33,39-48H,1,4-15H2,2-3H3,(H,49,50)/t17?,18?,19?,20?,21?,22?,23?,24?,25?,26?,27?,28?,29?,30?,31?,32?,33?,35-,36-,37+,38-/m1/s1. The molecule has 3 heterocycles. The molecule has 0 radical (unpaired) electrons. The lowest BCUT2D eigenvalue weighted by Crippen LogP contribution is -2.67. The molecule has 0 amide bonds. The fraction of sp³-hybridized carbons (Fsp3) is 0.921. The highest BCUT2D eigenvalue weighted by molar-refractivity contribution is 5.75. The van der Waals surface area contributed by atoms with Crippen molar-refractivity contribution in [1.82, 2.24) is 0 Å². The zero-order valence-corrected chi connectivity index (χ0v) is 31.8. The summed E-state index contributed by atoms with van der Waals surface area (Å²) in [6, 6.07) is 0. The topological polar surface area (TPSA) is 295 Å². The summed E-state index contributed by atoms with van der Waals surface area (Å²) in [4.78, 5) is 12.6. The monoisotopic (exact) mass is 804 g/mol. The highest BCUT2D eigenvalue weighted by atomic mass is 16.8. The number of aliphatic carboxylic acids is 1. The summed E-state index contributed by atoms with van der Waals surface area (Å²) >= 11 is 0. The van der Waals surface area contributed by atoms with Crippen LogP contribution >= 0.6 is 0 Å².